The van der Waals surface area contributed by atoms with Crippen molar-refractivity contribution in [1.29, 1.82) is 0 Å². The van der Waals surface area contributed by atoms with Gasteiger partial charge in [-0.3, -0.25) is 4.79 Å². The van der Waals surface area contributed by atoms with Gasteiger partial charge in [0.25, 0.3) is 17.7 Å². The van der Waals surface area contributed by atoms with Gasteiger partial charge in [0.2, 0.25) is 6.17 Å². The molecule has 0 unspecified atom stereocenters. The van der Waals surface area contributed by atoms with Crippen LogP contribution in [0.3, 0.4) is 0 Å². The van der Waals surface area contributed by atoms with E-state index in [4.69, 9.17) is 19.1 Å². The second kappa shape index (κ2) is 10.6. The normalized spacial score (nSPS) is 16.9. The van der Waals surface area contributed by atoms with Crippen molar-refractivity contribution in [2.24, 2.45) is 4.99 Å². The van der Waals surface area contributed by atoms with Crippen LogP contribution in [0, 0.1) is 0 Å². The van der Waals surface area contributed by atoms with E-state index in [2.05, 4.69) is 35.8 Å². The zero-order valence-electron chi connectivity index (χ0n) is 21.7. The topological polar surface area (TPSA) is 148 Å². The Morgan fingerprint density at radius 3 is 2.61 bits per heavy atom. The number of nitrogens with one attached hydrogen (secondary N) is 2. The van der Waals surface area contributed by atoms with E-state index in [9.17, 15) is 4.79 Å². The molecule has 0 spiro atoms. The summed E-state index contributed by atoms with van der Waals surface area (Å²) in [6.45, 7) is 2.42. The van der Waals surface area contributed by atoms with Crippen molar-refractivity contribution in [2.75, 3.05) is 41.8 Å². The van der Waals surface area contributed by atoms with E-state index < -0.39 is 6.17 Å². The Hall–Kier alpha value is -5.43. The van der Waals surface area contributed by atoms with E-state index in [-0.39, 0.29) is 17.8 Å². The molecule has 2 N–H and O–H groups in total. The lowest BCUT2D eigenvalue weighted by Crippen LogP contribution is -2.37. The summed E-state index contributed by atoms with van der Waals surface area (Å²) in [4.78, 5) is 29.3. The first-order valence-electron chi connectivity index (χ1n) is 13.1. The van der Waals surface area contributed by atoms with Crippen molar-refractivity contribution in [2.45, 2.75) is 6.17 Å². The fourth-order valence-corrected chi connectivity index (χ4v) is 4.72. The molecule has 13 heteroatoms. The number of benzene rings is 2. The fourth-order valence-electron chi connectivity index (χ4n) is 4.72. The summed E-state index contributed by atoms with van der Waals surface area (Å²) in [7, 11) is 0. The van der Waals surface area contributed by atoms with E-state index in [0.29, 0.717) is 55.0 Å². The molecular formula is C28H24N10O3. The lowest BCUT2D eigenvalue weighted by Gasteiger charge is -2.28. The smallest absolute Gasteiger partial charge is 0.317 e. The van der Waals surface area contributed by atoms with Crippen LogP contribution in [-0.2, 0) is 9.53 Å². The van der Waals surface area contributed by atoms with Crippen molar-refractivity contribution in [3.8, 4) is 17.4 Å². The van der Waals surface area contributed by atoms with E-state index in [1.54, 1.807) is 29.3 Å². The maximum atomic E-state index is 13.2. The molecule has 204 valence electrons. The van der Waals surface area contributed by atoms with Crippen LogP contribution in [0.1, 0.15) is 11.1 Å². The highest BCUT2D eigenvalue weighted by Crippen LogP contribution is 2.31. The summed E-state index contributed by atoms with van der Waals surface area (Å²) in [6.07, 6.45) is 4.04. The number of fused-ring (bicyclic) bond motifs is 1. The van der Waals surface area contributed by atoms with Crippen LogP contribution in [0.25, 0.3) is 17.4 Å². The van der Waals surface area contributed by atoms with Gasteiger partial charge in [0.1, 0.15) is 5.82 Å². The molecule has 2 aromatic carbocycles. The van der Waals surface area contributed by atoms with Gasteiger partial charge in [0.05, 0.1) is 30.2 Å². The van der Waals surface area contributed by atoms with Gasteiger partial charge in [-0.15, -0.1) is 5.10 Å². The SMILES string of the molecule is O=C1Nc2ccccc2C(c2ccccc2)=N[C@@H]1Nc1nnc(-c2cnc(-n3cccn3)nc2N2CCOCC2)o1. The Bertz CT molecular complexity index is 1710. The number of rotatable bonds is 6. The third-order valence-corrected chi connectivity index (χ3v) is 6.69. The first kappa shape index (κ1) is 24.6. The van der Waals surface area contributed by atoms with Gasteiger partial charge in [0, 0.05) is 42.8 Å². The predicted octanol–water partition coefficient (Wildman–Crippen LogP) is 2.78. The number of hydrogen-bond acceptors (Lipinski definition) is 11. The van der Waals surface area contributed by atoms with Crippen LogP contribution < -0.4 is 15.5 Å². The monoisotopic (exact) mass is 548 g/mol. The second-order valence-electron chi connectivity index (χ2n) is 9.30. The number of para-hydroxylation sites is 1. The number of hydrogen-bond donors (Lipinski definition) is 2. The first-order chi connectivity index (χ1) is 20.2. The molecule has 1 atom stereocenters. The highest BCUT2D eigenvalue weighted by atomic mass is 16.5. The molecule has 0 saturated carbocycles. The van der Waals surface area contributed by atoms with Gasteiger partial charge in [-0.05, 0) is 12.1 Å². The molecule has 41 heavy (non-hydrogen) atoms. The number of anilines is 3. The number of morpholine rings is 1. The molecule has 13 nitrogen and oxygen atoms in total. The molecule has 2 aliphatic heterocycles. The van der Waals surface area contributed by atoms with Crippen molar-refractivity contribution in [3.05, 3.63) is 90.4 Å². The highest BCUT2D eigenvalue weighted by molar-refractivity contribution is 6.19. The molecule has 1 fully saturated rings. The van der Waals surface area contributed by atoms with Gasteiger partial charge in [-0.25, -0.2) is 14.7 Å². The van der Waals surface area contributed by atoms with Crippen molar-refractivity contribution in [3.63, 3.8) is 0 Å². The van der Waals surface area contributed by atoms with Crippen LogP contribution in [-0.4, -0.2) is 74.0 Å². The fraction of sp³-hybridized carbons (Fsp3) is 0.179. The third-order valence-electron chi connectivity index (χ3n) is 6.69. The number of carbonyl (C=O) groups is 1. The van der Waals surface area contributed by atoms with Crippen LogP contribution in [0.2, 0.25) is 0 Å². The van der Waals surface area contributed by atoms with Gasteiger partial charge >= 0.3 is 6.01 Å². The zero-order valence-corrected chi connectivity index (χ0v) is 21.7. The first-order valence-corrected chi connectivity index (χ1v) is 13.1. The lowest BCUT2D eigenvalue weighted by molar-refractivity contribution is -0.116. The summed E-state index contributed by atoms with van der Waals surface area (Å²) < 4.78 is 13.1. The molecule has 3 aromatic heterocycles. The van der Waals surface area contributed by atoms with Crippen LogP contribution in [0.5, 0.6) is 0 Å². The summed E-state index contributed by atoms with van der Waals surface area (Å²) in [5.41, 5.74) is 3.56. The van der Waals surface area contributed by atoms with Crippen molar-refractivity contribution in [1.82, 2.24) is 29.9 Å². The average Bonchev–Trinajstić information content (AvgIpc) is 3.71. The van der Waals surface area contributed by atoms with Crippen molar-refractivity contribution < 1.29 is 13.9 Å². The molecule has 1 saturated heterocycles. The zero-order chi connectivity index (χ0) is 27.6. The average molecular weight is 549 g/mol. The van der Waals surface area contributed by atoms with Crippen molar-refractivity contribution >= 4 is 29.1 Å². The molecular weight excluding hydrogens is 524 g/mol. The van der Waals surface area contributed by atoms with Crippen LogP contribution in [0.4, 0.5) is 17.5 Å². The number of carbonyl (C=O) groups excluding carboxylic acids is 1. The number of nitrogens with zero attached hydrogens (tertiary/aromatic N) is 8. The Labute approximate surface area is 233 Å². The Balaban J connectivity index is 1.22. The number of ether oxygens (including phenoxy) is 1. The van der Waals surface area contributed by atoms with Gasteiger partial charge in [0.15, 0.2) is 0 Å². The van der Waals surface area contributed by atoms with Crippen LogP contribution in [0.15, 0.2) is 88.7 Å². The summed E-state index contributed by atoms with van der Waals surface area (Å²) in [6, 6.07) is 19.1. The minimum atomic E-state index is -1.02. The molecule has 7 rings (SSSR count). The Morgan fingerprint density at radius 1 is 0.951 bits per heavy atom. The quantitative estimate of drug-likeness (QED) is 0.324. The van der Waals surface area contributed by atoms with Gasteiger partial charge < -0.3 is 24.7 Å². The lowest BCUT2D eigenvalue weighted by atomic mass is 10.0. The molecule has 2 aliphatic rings. The largest absolute Gasteiger partial charge is 0.403 e. The van der Waals surface area contributed by atoms with E-state index in [1.807, 2.05) is 54.6 Å². The molecule has 0 bridgehead atoms. The minimum Gasteiger partial charge on any atom is -0.403 e. The summed E-state index contributed by atoms with van der Waals surface area (Å²) >= 11 is 0. The highest BCUT2D eigenvalue weighted by Gasteiger charge is 2.28. The second-order valence-corrected chi connectivity index (χ2v) is 9.30. The van der Waals surface area contributed by atoms with Gasteiger partial charge in [-0.1, -0.05) is 53.6 Å². The van der Waals surface area contributed by atoms with E-state index in [1.165, 1.54) is 0 Å². The maximum Gasteiger partial charge on any atom is 0.317 e. The standard InChI is InChI=1S/C28H24N10O3/c39-25-23(32-22(18-7-2-1-3-8-18)19-9-4-5-10-21(19)31-25)33-28-36-35-26(41-28)20-17-29-27(38-12-6-11-30-38)34-24(20)37-13-15-40-16-14-37/h1-12,17,23H,13-16H2,(H,31,39)(H,33,36)/t23-/m1/s1. The summed E-state index contributed by atoms with van der Waals surface area (Å²) in [5.74, 6) is 0.876. The number of aromatic nitrogens is 6. The molecule has 1 amide bonds. The Kier molecular flexibility index (Phi) is 6.37. The molecule has 0 aliphatic carbocycles. The molecule has 5 aromatic rings. The Morgan fingerprint density at radius 2 is 1.78 bits per heavy atom. The maximum absolute atomic E-state index is 13.2. The minimum absolute atomic E-state index is 0.0337. The molecule has 0 radical (unpaired) electrons. The van der Waals surface area contributed by atoms with Crippen LogP contribution >= 0.6 is 0 Å². The van der Waals surface area contributed by atoms with Gasteiger partial charge in [-0.2, -0.15) is 10.1 Å². The predicted molar refractivity (Wildman–Crippen MR) is 150 cm³/mol. The number of amides is 1. The molecule has 5 heterocycles. The third kappa shape index (κ3) is 4.89. The number of benzodiazepines with no additional fused rings is 1. The summed E-state index contributed by atoms with van der Waals surface area (Å²) in [5, 5.41) is 18.6. The number of aliphatic imine (C=N–C) groups is 1. The van der Waals surface area contributed by atoms with E-state index in [0.717, 1.165) is 11.1 Å². The van der Waals surface area contributed by atoms with E-state index >= 15 is 0 Å².